The largest absolute Gasteiger partial charge is 0.493 e. The predicted octanol–water partition coefficient (Wildman–Crippen LogP) is 4.32. The normalized spacial score (nSPS) is 23.5. The van der Waals surface area contributed by atoms with Crippen LogP contribution in [-0.2, 0) is 10.2 Å². The highest BCUT2D eigenvalue weighted by atomic mass is 19.1. The second-order valence-corrected chi connectivity index (χ2v) is 7.93. The monoisotopic (exact) mass is 411 g/mol. The Labute approximate surface area is 176 Å². The molecule has 1 aliphatic heterocycles. The Morgan fingerprint density at radius 3 is 2.50 bits per heavy atom. The summed E-state index contributed by atoms with van der Waals surface area (Å²) in [7, 11) is 5.37. The number of methoxy groups -OCH3 is 2. The van der Waals surface area contributed by atoms with Crippen molar-refractivity contribution in [3.05, 3.63) is 71.2 Å². The van der Waals surface area contributed by atoms with Crippen LogP contribution >= 0.6 is 0 Å². The molecule has 0 N–H and O–H groups in total. The highest BCUT2D eigenvalue weighted by molar-refractivity contribution is 5.90. The summed E-state index contributed by atoms with van der Waals surface area (Å²) < 4.78 is 29.7. The van der Waals surface area contributed by atoms with Gasteiger partial charge >= 0.3 is 5.97 Å². The van der Waals surface area contributed by atoms with Gasteiger partial charge in [-0.3, -0.25) is 4.90 Å². The van der Waals surface area contributed by atoms with E-state index in [-0.39, 0.29) is 17.3 Å². The van der Waals surface area contributed by atoms with Gasteiger partial charge in [0.15, 0.2) is 11.5 Å². The molecule has 2 aliphatic rings. The molecule has 30 heavy (non-hydrogen) atoms. The summed E-state index contributed by atoms with van der Waals surface area (Å²) in [5.74, 6) is 1.26. The molecule has 0 spiro atoms. The summed E-state index contributed by atoms with van der Waals surface area (Å²) in [6.07, 6.45) is 4.60. The topological polar surface area (TPSA) is 48.0 Å². The number of nitrogens with zero attached hydrogens (tertiary/aromatic N) is 1. The maximum atomic E-state index is 13.1. The van der Waals surface area contributed by atoms with Crippen molar-refractivity contribution >= 4 is 5.97 Å². The van der Waals surface area contributed by atoms with Gasteiger partial charge in [-0.2, -0.15) is 0 Å². The van der Waals surface area contributed by atoms with Gasteiger partial charge in [0.05, 0.1) is 19.8 Å². The second kappa shape index (κ2) is 8.11. The van der Waals surface area contributed by atoms with Gasteiger partial charge in [-0.1, -0.05) is 6.07 Å². The SMILES string of the molecule is COc1ccc([C@@]23CCC(OC(=O)c4ccc(F)cc4)=CC2N(C)CC3)cc1OC. The number of fused-ring (bicyclic) bond motifs is 1. The minimum Gasteiger partial charge on any atom is -0.493 e. The molecule has 2 aromatic rings. The molecule has 6 heteroatoms. The zero-order valence-corrected chi connectivity index (χ0v) is 17.5. The first-order chi connectivity index (χ1) is 14.5. The third-order valence-electron chi connectivity index (χ3n) is 6.38. The maximum Gasteiger partial charge on any atom is 0.343 e. The van der Waals surface area contributed by atoms with Gasteiger partial charge in [-0.05, 0) is 74.5 Å². The van der Waals surface area contributed by atoms with Crippen LogP contribution in [0.3, 0.4) is 0 Å². The molecule has 0 saturated carbocycles. The number of halogens is 1. The molecule has 5 nitrogen and oxygen atoms in total. The first kappa shape index (κ1) is 20.4. The molecule has 1 heterocycles. The summed E-state index contributed by atoms with van der Waals surface area (Å²) in [6.45, 7) is 0.953. The molecule has 1 aliphatic carbocycles. The number of esters is 1. The van der Waals surface area contributed by atoms with Crippen molar-refractivity contribution in [2.75, 3.05) is 27.8 Å². The molecule has 1 fully saturated rings. The number of carbonyl (C=O) groups is 1. The van der Waals surface area contributed by atoms with Crippen molar-refractivity contribution in [3.8, 4) is 11.5 Å². The summed E-state index contributed by atoms with van der Waals surface area (Å²) >= 11 is 0. The van der Waals surface area contributed by atoms with Crippen LogP contribution in [0.25, 0.3) is 0 Å². The van der Waals surface area contributed by atoms with E-state index in [1.807, 2.05) is 6.07 Å². The molecule has 1 unspecified atom stereocenters. The van der Waals surface area contributed by atoms with Crippen LogP contribution in [0.15, 0.2) is 54.3 Å². The van der Waals surface area contributed by atoms with E-state index in [1.54, 1.807) is 14.2 Å². The summed E-state index contributed by atoms with van der Waals surface area (Å²) in [4.78, 5) is 14.8. The number of hydrogen-bond acceptors (Lipinski definition) is 5. The number of allylic oxidation sites excluding steroid dienone is 1. The van der Waals surface area contributed by atoms with Gasteiger partial charge in [0, 0.05) is 17.9 Å². The molecular formula is C24H26FNO4. The maximum absolute atomic E-state index is 13.1. The van der Waals surface area contributed by atoms with Crippen molar-refractivity contribution in [1.82, 2.24) is 4.90 Å². The molecule has 2 aromatic carbocycles. The van der Waals surface area contributed by atoms with E-state index in [0.717, 1.165) is 25.1 Å². The average molecular weight is 411 g/mol. The smallest absolute Gasteiger partial charge is 0.343 e. The predicted molar refractivity (Wildman–Crippen MR) is 111 cm³/mol. The molecule has 0 radical (unpaired) electrons. The minimum atomic E-state index is -0.458. The Balaban J connectivity index is 1.61. The number of likely N-dealkylation sites (N-methyl/N-ethyl adjacent to an activating group) is 1. The Morgan fingerprint density at radius 1 is 1.07 bits per heavy atom. The lowest BCUT2D eigenvalue weighted by atomic mass is 9.68. The van der Waals surface area contributed by atoms with E-state index >= 15 is 0 Å². The highest BCUT2D eigenvalue weighted by Crippen LogP contribution is 2.49. The van der Waals surface area contributed by atoms with Crippen molar-refractivity contribution in [1.29, 1.82) is 0 Å². The summed E-state index contributed by atoms with van der Waals surface area (Å²) in [5, 5.41) is 0. The van der Waals surface area contributed by atoms with Gasteiger partial charge in [-0.25, -0.2) is 9.18 Å². The molecule has 4 rings (SSSR count). The Hall–Kier alpha value is -2.86. The molecule has 0 amide bonds. The third-order valence-corrected chi connectivity index (χ3v) is 6.38. The summed E-state index contributed by atoms with van der Waals surface area (Å²) in [6, 6.07) is 11.6. The van der Waals surface area contributed by atoms with E-state index < -0.39 is 5.97 Å². The number of rotatable bonds is 5. The highest BCUT2D eigenvalue weighted by Gasteiger charge is 2.48. The van der Waals surface area contributed by atoms with Crippen LogP contribution < -0.4 is 9.47 Å². The average Bonchev–Trinajstić information content (AvgIpc) is 3.11. The number of hydrogen-bond donors (Lipinski definition) is 0. The van der Waals surface area contributed by atoms with E-state index in [1.165, 1.54) is 29.8 Å². The lowest BCUT2D eigenvalue weighted by Crippen LogP contribution is -2.42. The number of carbonyl (C=O) groups excluding carboxylic acids is 1. The fraction of sp³-hybridized carbons (Fsp3) is 0.375. The standard InChI is InChI=1S/C24H26FNO4/c1-26-13-12-24(17-6-9-20(28-2)21(14-17)29-3)11-10-19(15-22(24)26)30-23(27)16-4-7-18(25)8-5-16/h4-9,14-15,22H,10-13H2,1-3H3/t22?,24-/m0/s1. The number of benzene rings is 2. The first-order valence-corrected chi connectivity index (χ1v) is 10.1. The minimum absolute atomic E-state index is 0.0694. The number of likely N-dealkylation sites (tertiary alicyclic amines) is 1. The Morgan fingerprint density at radius 2 is 1.80 bits per heavy atom. The zero-order chi connectivity index (χ0) is 21.3. The van der Waals surface area contributed by atoms with E-state index in [2.05, 4.69) is 30.2 Å². The van der Waals surface area contributed by atoms with Crippen LogP contribution in [-0.4, -0.2) is 44.7 Å². The lowest BCUT2D eigenvalue weighted by molar-refractivity contribution is 0.0593. The van der Waals surface area contributed by atoms with Crippen molar-refractivity contribution in [2.24, 2.45) is 0 Å². The van der Waals surface area contributed by atoms with Crippen LogP contribution in [0.5, 0.6) is 11.5 Å². The van der Waals surface area contributed by atoms with Crippen LogP contribution in [0.1, 0.15) is 35.2 Å². The van der Waals surface area contributed by atoms with Crippen LogP contribution in [0, 0.1) is 5.82 Å². The molecule has 1 saturated heterocycles. The third kappa shape index (κ3) is 3.56. The van der Waals surface area contributed by atoms with Crippen molar-refractivity contribution < 1.29 is 23.4 Å². The van der Waals surface area contributed by atoms with E-state index in [4.69, 9.17) is 14.2 Å². The van der Waals surface area contributed by atoms with Gasteiger partial charge in [-0.15, -0.1) is 0 Å². The Kier molecular flexibility index (Phi) is 5.52. The fourth-order valence-corrected chi connectivity index (χ4v) is 4.70. The van der Waals surface area contributed by atoms with Crippen LogP contribution in [0.4, 0.5) is 4.39 Å². The fourth-order valence-electron chi connectivity index (χ4n) is 4.70. The van der Waals surface area contributed by atoms with E-state index in [9.17, 15) is 9.18 Å². The molecule has 2 atom stereocenters. The van der Waals surface area contributed by atoms with Gasteiger partial charge in [0.2, 0.25) is 0 Å². The van der Waals surface area contributed by atoms with Crippen LogP contribution in [0.2, 0.25) is 0 Å². The van der Waals surface area contributed by atoms with Crippen molar-refractivity contribution in [2.45, 2.75) is 30.7 Å². The van der Waals surface area contributed by atoms with Crippen molar-refractivity contribution in [3.63, 3.8) is 0 Å². The molecular weight excluding hydrogens is 385 g/mol. The second-order valence-electron chi connectivity index (χ2n) is 7.93. The summed E-state index contributed by atoms with van der Waals surface area (Å²) in [5.41, 5.74) is 1.48. The molecule has 0 bridgehead atoms. The van der Waals surface area contributed by atoms with Gasteiger partial charge in [0.1, 0.15) is 11.6 Å². The van der Waals surface area contributed by atoms with Gasteiger partial charge in [0.25, 0.3) is 0 Å². The first-order valence-electron chi connectivity index (χ1n) is 10.1. The van der Waals surface area contributed by atoms with E-state index in [0.29, 0.717) is 23.5 Å². The lowest BCUT2D eigenvalue weighted by Gasteiger charge is -2.40. The zero-order valence-electron chi connectivity index (χ0n) is 17.5. The quantitative estimate of drug-likeness (QED) is 0.686. The molecule has 158 valence electrons. The number of ether oxygens (including phenoxy) is 3. The van der Waals surface area contributed by atoms with Gasteiger partial charge < -0.3 is 14.2 Å². The molecule has 0 aromatic heterocycles. The Bertz CT molecular complexity index is 972.